The molecule has 6 heteroatoms. The van der Waals surface area contributed by atoms with Crippen LogP contribution in [0.15, 0.2) is 30.3 Å². The number of nitrogens with one attached hydrogen (secondary N) is 1. The molecule has 0 aromatic heterocycles. The molecule has 1 aromatic carbocycles. The average Bonchev–Trinajstić information content (AvgIpc) is 2.48. The molecule has 1 aromatic rings. The van der Waals surface area contributed by atoms with Gasteiger partial charge in [0.25, 0.3) is 5.91 Å². The first-order valence-corrected chi connectivity index (χ1v) is 7.06. The Hall–Kier alpha value is -1.53. The maximum Gasteiger partial charge on any atom is 0.315 e. The molecule has 0 spiro atoms. The lowest BCUT2D eigenvalue weighted by atomic mass is 9.92. The highest BCUT2D eigenvalue weighted by molar-refractivity contribution is 5.79. The van der Waals surface area contributed by atoms with Gasteiger partial charge in [-0.15, -0.1) is 0 Å². The minimum Gasteiger partial charge on any atom is -0.396 e. The van der Waals surface area contributed by atoms with Gasteiger partial charge in [-0.05, 0) is 18.5 Å². The summed E-state index contributed by atoms with van der Waals surface area (Å²) in [5, 5.41) is 11.7. The maximum atomic E-state index is 12.4. The van der Waals surface area contributed by atoms with Crippen LogP contribution in [0.3, 0.4) is 0 Å². The van der Waals surface area contributed by atoms with Crippen molar-refractivity contribution < 1.29 is 18.7 Å². The minimum absolute atomic E-state index is 0.104. The number of amides is 1. The number of hydrogen-bond acceptors (Lipinski definition) is 3. The van der Waals surface area contributed by atoms with E-state index in [-0.39, 0.29) is 12.5 Å². The molecular weight excluding hydrogens is 278 g/mol. The Bertz CT molecular complexity index is 456. The van der Waals surface area contributed by atoms with Crippen LogP contribution in [0, 0.1) is 5.92 Å². The van der Waals surface area contributed by atoms with Crippen LogP contribution >= 0.6 is 0 Å². The maximum absolute atomic E-state index is 12.4. The molecule has 2 atom stereocenters. The van der Waals surface area contributed by atoms with Crippen molar-refractivity contribution >= 4 is 5.91 Å². The number of benzene rings is 1. The van der Waals surface area contributed by atoms with E-state index in [1.165, 1.54) is 0 Å². The zero-order valence-electron chi connectivity index (χ0n) is 11.7. The van der Waals surface area contributed by atoms with E-state index in [1.807, 2.05) is 30.3 Å². The lowest BCUT2D eigenvalue weighted by Gasteiger charge is -2.38. The summed E-state index contributed by atoms with van der Waals surface area (Å²) < 4.78 is 24.7. The number of alkyl halides is 2. The topological polar surface area (TPSA) is 52.6 Å². The third-order valence-corrected chi connectivity index (χ3v) is 3.85. The van der Waals surface area contributed by atoms with Crippen molar-refractivity contribution in [3.05, 3.63) is 35.9 Å². The van der Waals surface area contributed by atoms with Crippen LogP contribution in [-0.2, 0) is 11.3 Å². The number of aliphatic hydroxyl groups excluding tert-OH is 1. The average molecular weight is 298 g/mol. The Morgan fingerprint density at radius 2 is 2.10 bits per heavy atom. The summed E-state index contributed by atoms with van der Waals surface area (Å²) >= 11 is 0. The van der Waals surface area contributed by atoms with Gasteiger partial charge in [0.15, 0.2) is 0 Å². The number of likely N-dealkylation sites (tertiary alicyclic amines) is 1. The monoisotopic (exact) mass is 298 g/mol. The van der Waals surface area contributed by atoms with E-state index >= 15 is 0 Å². The fourth-order valence-corrected chi connectivity index (χ4v) is 2.68. The Morgan fingerprint density at radius 1 is 1.38 bits per heavy atom. The normalized spacial score (nSPS) is 23.2. The molecule has 1 saturated heterocycles. The molecule has 21 heavy (non-hydrogen) atoms. The fourth-order valence-electron chi connectivity index (χ4n) is 2.68. The van der Waals surface area contributed by atoms with Gasteiger partial charge < -0.3 is 10.4 Å². The van der Waals surface area contributed by atoms with Gasteiger partial charge in [0.1, 0.15) is 0 Å². The smallest absolute Gasteiger partial charge is 0.315 e. The lowest BCUT2D eigenvalue weighted by Crippen LogP contribution is -2.54. The van der Waals surface area contributed by atoms with Gasteiger partial charge in [-0.1, -0.05) is 30.3 Å². The van der Waals surface area contributed by atoms with Gasteiger partial charge in [0.05, 0.1) is 0 Å². The first-order chi connectivity index (χ1) is 10.1. The van der Waals surface area contributed by atoms with E-state index in [1.54, 1.807) is 0 Å². The van der Waals surface area contributed by atoms with E-state index in [0.717, 1.165) is 12.1 Å². The molecule has 1 amide bonds. The number of aliphatic hydroxyl groups is 1. The zero-order chi connectivity index (χ0) is 15.2. The second kappa shape index (κ2) is 7.47. The summed E-state index contributed by atoms with van der Waals surface area (Å²) in [4.78, 5) is 13.3. The van der Waals surface area contributed by atoms with Crippen LogP contribution in [0.5, 0.6) is 0 Å². The third kappa shape index (κ3) is 4.47. The molecule has 0 aliphatic carbocycles. The van der Waals surface area contributed by atoms with Crippen molar-refractivity contribution in [2.45, 2.75) is 25.4 Å². The molecule has 116 valence electrons. The number of nitrogens with zero attached hydrogens (tertiary/aromatic N) is 1. The van der Waals surface area contributed by atoms with Crippen LogP contribution < -0.4 is 5.32 Å². The molecule has 1 aliphatic rings. The summed E-state index contributed by atoms with van der Waals surface area (Å²) in [5.41, 5.74) is 1.14. The van der Waals surface area contributed by atoms with Gasteiger partial charge in [0, 0.05) is 31.7 Å². The third-order valence-electron chi connectivity index (χ3n) is 3.85. The summed E-state index contributed by atoms with van der Waals surface area (Å²) in [6.45, 7) is 1.85. The van der Waals surface area contributed by atoms with Crippen LogP contribution in [-0.4, -0.2) is 48.1 Å². The molecule has 1 fully saturated rings. The van der Waals surface area contributed by atoms with Gasteiger partial charge in [-0.3, -0.25) is 9.69 Å². The summed E-state index contributed by atoms with van der Waals surface area (Å²) in [6, 6.07) is 9.41. The van der Waals surface area contributed by atoms with E-state index in [9.17, 15) is 18.7 Å². The molecule has 1 aliphatic heterocycles. The van der Waals surface area contributed by atoms with Crippen molar-refractivity contribution in [3.63, 3.8) is 0 Å². The van der Waals surface area contributed by atoms with E-state index < -0.39 is 18.4 Å². The zero-order valence-corrected chi connectivity index (χ0v) is 11.7. The predicted octanol–water partition coefficient (Wildman–Crippen LogP) is 1.25. The molecule has 1 heterocycles. The highest BCUT2D eigenvalue weighted by Gasteiger charge is 2.31. The van der Waals surface area contributed by atoms with Gasteiger partial charge in [0.2, 0.25) is 0 Å². The van der Waals surface area contributed by atoms with Crippen molar-refractivity contribution in [1.82, 2.24) is 10.2 Å². The minimum atomic E-state index is -3.02. The molecular formula is C15H20F2N2O2. The molecule has 2 N–H and O–H groups in total. The van der Waals surface area contributed by atoms with Crippen molar-refractivity contribution in [2.75, 3.05) is 19.7 Å². The van der Waals surface area contributed by atoms with Gasteiger partial charge in [-0.2, -0.15) is 8.78 Å². The van der Waals surface area contributed by atoms with Crippen LogP contribution in [0.4, 0.5) is 8.78 Å². The Labute approximate surface area is 122 Å². The SMILES string of the molecule is O=C(N[C@@H]1CN(Cc2ccccc2)CC[C@H]1CO)C(F)F. The van der Waals surface area contributed by atoms with E-state index in [4.69, 9.17) is 0 Å². The van der Waals surface area contributed by atoms with Crippen molar-refractivity contribution in [3.8, 4) is 0 Å². The lowest BCUT2D eigenvalue weighted by molar-refractivity contribution is -0.133. The summed E-state index contributed by atoms with van der Waals surface area (Å²) in [6.07, 6.45) is -2.34. The quantitative estimate of drug-likeness (QED) is 0.860. The predicted molar refractivity (Wildman–Crippen MR) is 74.8 cm³/mol. The number of rotatable bonds is 5. The van der Waals surface area contributed by atoms with Gasteiger partial charge >= 0.3 is 6.43 Å². The van der Waals surface area contributed by atoms with Crippen LogP contribution in [0.1, 0.15) is 12.0 Å². The molecule has 0 saturated carbocycles. The van der Waals surface area contributed by atoms with Crippen LogP contribution in [0.25, 0.3) is 0 Å². The second-order valence-corrected chi connectivity index (χ2v) is 5.37. The summed E-state index contributed by atoms with van der Waals surface area (Å²) in [5.74, 6) is -1.43. The molecule has 0 unspecified atom stereocenters. The van der Waals surface area contributed by atoms with E-state index in [2.05, 4.69) is 10.2 Å². The number of hydrogen-bond donors (Lipinski definition) is 2. The van der Waals surface area contributed by atoms with Gasteiger partial charge in [-0.25, -0.2) is 0 Å². The molecule has 4 nitrogen and oxygen atoms in total. The molecule has 0 radical (unpaired) electrons. The largest absolute Gasteiger partial charge is 0.396 e. The molecule has 0 bridgehead atoms. The summed E-state index contributed by atoms with van der Waals surface area (Å²) in [7, 11) is 0. The molecule has 2 rings (SSSR count). The Kier molecular flexibility index (Phi) is 5.64. The van der Waals surface area contributed by atoms with Crippen LogP contribution in [0.2, 0.25) is 0 Å². The fraction of sp³-hybridized carbons (Fsp3) is 0.533. The first kappa shape index (κ1) is 15.9. The number of carbonyl (C=O) groups excluding carboxylic acids is 1. The highest BCUT2D eigenvalue weighted by Crippen LogP contribution is 2.19. The van der Waals surface area contributed by atoms with Crippen molar-refractivity contribution in [2.24, 2.45) is 5.92 Å². The number of carbonyl (C=O) groups is 1. The highest BCUT2D eigenvalue weighted by atomic mass is 19.3. The number of piperidine rings is 1. The standard InChI is InChI=1S/C15H20F2N2O2/c16-14(17)15(21)18-13-9-19(7-6-12(13)10-20)8-11-4-2-1-3-5-11/h1-5,12-14,20H,6-10H2,(H,18,21)/t12-,13+/m0/s1. The Balaban J connectivity index is 1.96. The second-order valence-electron chi connectivity index (χ2n) is 5.37. The first-order valence-electron chi connectivity index (χ1n) is 7.06. The Morgan fingerprint density at radius 3 is 2.71 bits per heavy atom. The van der Waals surface area contributed by atoms with E-state index in [0.29, 0.717) is 19.5 Å². The number of halogens is 2. The van der Waals surface area contributed by atoms with Crippen molar-refractivity contribution in [1.29, 1.82) is 0 Å².